The molecule has 1 amide bonds. The van der Waals surface area contributed by atoms with Crippen molar-refractivity contribution in [2.24, 2.45) is 0 Å². The van der Waals surface area contributed by atoms with E-state index in [4.69, 9.17) is 20.8 Å². The van der Waals surface area contributed by atoms with Gasteiger partial charge in [-0.15, -0.1) is 0 Å². The van der Waals surface area contributed by atoms with Gasteiger partial charge in [-0.05, 0) is 35.9 Å². The number of carbonyl (C=O) groups excluding carboxylic acids is 1. The summed E-state index contributed by atoms with van der Waals surface area (Å²) in [5.41, 5.74) is 0.0422. The first-order valence-corrected chi connectivity index (χ1v) is 8.67. The zero-order valence-corrected chi connectivity index (χ0v) is 13.3. The van der Waals surface area contributed by atoms with Gasteiger partial charge in [0.25, 0.3) is 5.91 Å². The number of furan rings is 1. The fraction of sp³-hybridized carbons (Fsp3) is 0.643. The van der Waals surface area contributed by atoms with Crippen LogP contribution in [0.4, 0.5) is 0 Å². The maximum Gasteiger partial charge on any atom is 0.287 e. The highest BCUT2D eigenvalue weighted by Gasteiger charge is 2.41. The van der Waals surface area contributed by atoms with E-state index in [0.29, 0.717) is 6.54 Å². The summed E-state index contributed by atoms with van der Waals surface area (Å²) in [5, 5.41) is 3.24. The Morgan fingerprint density at radius 1 is 1.43 bits per heavy atom. The first-order chi connectivity index (χ1) is 10.2. The largest absolute Gasteiger partial charge is 0.440 e. The van der Waals surface area contributed by atoms with E-state index < -0.39 is 0 Å². The molecule has 1 aromatic heterocycles. The second-order valence-electron chi connectivity index (χ2n) is 5.41. The standard InChI is InChI=1S/C14H19ClN2O3S/c15-12-2-1-11(20-12)13(18)16-9-14(3-8-21-10-14)17-4-6-19-7-5-17/h1-2H,3-10H2,(H,16,18). The van der Waals surface area contributed by atoms with Gasteiger partial charge >= 0.3 is 0 Å². The van der Waals surface area contributed by atoms with Gasteiger partial charge in [0, 0.05) is 30.9 Å². The maximum absolute atomic E-state index is 12.1. The van der Waals surface area contributed by atoms with E-state index in [0.717, 1.165) is 44.2 Å². The Kier molecular flexibility index (Phi) is 4.78. The smallest absolute Gasteiger partial charge is 0.287 e. The molecule has 0 radical (unpaired) electrons. The van der Waals surface area contributed by atoms with Crippen molar-refractivity contribution in [2.75, 3.05) is 44.4 Å². The van der Waals surface area contributed by atoms with Crippen LogP contribution in [0.5, 0.6) is 0 Å². The van der Waals surface area contributed by atoms with Crippen LogP contribution in [0.1, 0.15) is 17.0 Å². The van der Waals surface area contributed by atoms with E-state index in [1.807, 2.05) is 11.8 Å². The zero-order valence-electron chi connectivity index (χ0n) is 11.8. The number of nitrogens with one attached hydrogen (secondary N) is 1. The Morgan fingerprint density at radius 2 is 2.24 bits per heavy atom. The van der Waals surface area contributed by atoms with Crippen molar-refractivity contribution in [2.45, 2.75) is 12.0 Å². The van der Waals surface area contributed by atoms with Crippen molar-refractivity contribution in [3.8, 4) is 0 Å². The van der Waals surface area contributed by atoms with Crippen molar-refractivity contribution in [1.29, 1.82) is 0 Å². The number of halogens is 1. The summed E-state index contributed by atoms with van der Waals surface area (Å²) in [4.78, 5) is 14.6. The number of carbonyl (C=O) groups is 1. The summed E-state index contributed by atoms with van der Waals surface area (Å²) >= 11 is 7.66. The molecule has 1 atom stereocenters. The Bertz CT molecular complexity index is 496. The Balaban J connectivity index is 1.64. The maximum atomic E-state index is 12.1. The molecule has 3 heterocycles. The van der Waals surface area contributed by atoms with Crippen LogP contribution in [0.25, 0.3) is 0 Å². The van der Waals surface area contributed by atoms with Gasteiger partial charge in [0.1, 0.15) is 0 Å². The van der Waals surface area contributed by atoms with Crippen LogP contribution in [-0.4, -0.2) is 60.7 Å². The average Bonchev–Trinajstić information content (AvgIpc) is 3.16. The van der Waals surface area contributed by atoms with E-state index >= 15 is 0 Å². The summed E-state index contributed by atoms with van der Waals surface area (Å²) in [6, 6.07) is 3.18. The predicted molar refractivity (Wildman–Crippen MR) is 83.1 cm³/mol. The number of rotatable bonds is 4. The third-order valence-electron chi connectivity index (χ3n) is 4.14. The third-order valence-corrected chi connectivity index (χ3v) is 5.58. The van der Waals surface area contributed by atoms with E-state index in [-0.39, 0.29) is 22.4 Å². The number of hydrogen-bond donors (Lipinski definition) is 1. The Morgan fingerprint density at radius 3 is 2.86 bits per heavy atom. The number of thioether (sulfide) groups is 1. The second kappa shape index (κ2) is 6.60. The highest BCUT2D eigenvalue weighted by atomic mass is 35.5. The molecule has 0 spiro atoms. The van der Waals surface area contributed by atoms with E-state index in [1.54, 1.807) is 12.1 Å². The van der Waals surface area contributed by atoms with Crippen LogP contribution in [0.3, 0.4) is 0 Å². The lowest BCUT2D eigenvalue weighted by molar-refractivity contribution is -0.0129. The predicted octanol–water partition coefficient (Wildman–Crippen LogP) is 1.87. The summed E-state index contributed by atoms with van der Waals surface area (Å²) in [7, 11) is 0. The molecule has 1 unspecified atom stereocenters. The number of amides is 1. The highest BCUT2D eigenvalue weighted by molar-refractivity contribution is 7.99. The first kappa shape index (κ1) is 15.2. The molecule has 2 aliphatic rings. The molecular formula is C14H19ClN2O3S. The molecule has 1 aromatic rings. The van der Waals surface area contributed by atoms with Gasteiger partial charge in [-0.1, -0.05) is 0 Å². The SMILES string of the molecule is O=C(NCC1(N2CCOCC2)CCSC1)c1ccc(Cl)o1. The van der Waals surface area contributed by atoms with Crippen LogP contribution in [0.15, 0.2) is 16.5 Å². The molecule has 1 N–H and O–H groups in total. The summed E-state index contributed by atoms with van der Waals surface area (Å²) in [5.74, 6) is 2.25. The number of ether oxygens (including phenoxy) is 1. The molecule has 2 fully saturated rings. The molecule has 7 heteroatoms. The monoisotopic (exact) mass is 330 g/mol. The molecule has 21 heavy (non-hydrogen) atoms. The van der Waals surface area contributed by atoms with Gasteiger partial charge in [-0.3, -0.25) is 9.69 Å². The zero-order chi connectivity index (χ0) is 14.7. The lowest BCUT2D eigenvalue weighted by atomic mass is 9.95. The quantitative estimate of drug-likeness (QED) is 0.913. The van der Waals surface area contributed by atoms with E-state index in [1.165, 1.54) is 0 Å². The topological polar surface area (TPSA) is 54.7 Å². The summed E-state index contributed by atoms with van der Waals surface area (Å²) in [6.45, 7) is 4.05. The second-order valence-corrected chi connectivity index (χ2v) is 6.89. The Labute approximate surface area is 133 Å². The number of morpholine rings is 1. The molecule has 0 saturated carbocycles. The molecule has 2 aliphatic heterocycles. The third kappa shape index (κ3) is 3.39. The number of nitrogens with zero attached hydrogens (tertiary/aromatic N) is 1. The van der Waals surface area contributed by atoms with Crippen molar-refractivity contribution in [3.63, 3.8) is 0 Å². The highest BCUT2D eigenvalue weighted by Crippen LogP contribution is 2.33. The van der Waals surface area contributed by atoms with Crippen LogP contribution >= 0.6 is 23.4 Å². The van der Waals surface area contributed by atoms with Gasteiger partial charge in [-0.2, -0.15) is 11.8 Å². The molecule has 0 aliphatic carbocycles. The fourth-order valence-corrected chi connectivity index (χ4v) is 4.53. The molecule has 2 saturated heterocycles. The van der Waals surface area contributed by atoms with E-state index in [2.05, 4.69) is 10.2 Å². The molecular weight excluding hydrogens is 312 g/mol. The minimum atomic E-state index is -0.202. The molecule has 5 nitrogen and oxygen atoms in total. The van der Waals surface area contributed by atoms with E-state index in [9.17, 15) is 4.79 Å². The van der Waals surface area contributed by atoms with Gasteiger partial charge in [0.15, 0.2) is 11.0 Å². The molecule has 0 bridgehead atoms. The summed E-state index contributed by atoms with van der Waals surface area (Å²) < 4.78 is 10.6. The van der Waals surface area contributed by atoms with Gasteiger partial charge < -0.3 is 14.5 Å². The van der Waals surface area contributed by atoms with Gasteiger partial charge in [0.2, 0.25) is 0 Å². The van der Waals surface area contributed by atoms with Crippen molar-refractivity contribution >= 4 is 29.3 Å². The van der Waals surface area contributed by atoms with Gasteiger partial charge in [-0.25, -0.2) is 0 Å². The lowest BCUT2D eigenvalue weighted by Gasteiger charge is -2.42. The molecule has 0 aromatic carbocycles. The first-order valence-electron chi connectivity index (χ1n) is 7.14. The molecule has 116 valence electrons. The van der Waals surface area contributed by atoms with Crippen molar-refractivity contribution < 1.29 is 13.9 Å². The van der Waals surface area contributed by atoms with Crippen LogP contribution in [-0.2, 0) is 4.74 Å². The van der Waals surface area contributed by atoms with Crippen LogP contribution in [0.2, 0.25) is 5.22 Å². The average molecular weight is 331 g/mol. The minimum Gasteiger partial charge on any atom is -0.440 e. The van der Waals surface area contributed by atoms with Gasteiger partial charge in [0.05, 0.1) is 13.2 Å². The van der Waals surface area contributed by atoms with Crippen LogP contribution in [0, 0.1) is 0 Å². The Hall–Kier alpha value is -0.690. The van der Waals surface area contributed by atoms with Crippen LogP contribution < -0.4 is 5.32 Å². The number of hydrogen-bond acceptors (Lipinski definition) is 5. The lowest BCUT2D eigenvalue weighted by Crippen LogP contribution is -2.59. The van der Waals surface area contributed by atoms with Crippen molar-refractivity contribution in [1.82, 2.24) is 10.2 Å². The fourth-order valence-electron chi connectivity index (χ4n) is 2.90. The minimum absolute atomic E-state index is 0.0422. The summed E-state index contributed by atoms with van der Waals surface area (Å²) in [6.07, 6.45) is 1.09. The van der Waals surface area contributed by atoms with Crippen molar-refractivity contribution in [3.05, 3.63) is 23.1 Å². The normalized spacial score (nSPS) is 26.9. The molecule has 3 rings (SSSR count).